The Morgan fingerprint density at radius 1 is 1.32 bits per heavy atom. The van der Waals surface area contributed by atoms with E-state index < -0.39 is 11.4 Å². The number of carbonyl (C=O) groups excluding carboxylic acids is 2. The second-order valence-corrected chi connectivity index (χ2v) is 5.06. The predicted molar refractivity (Wildman–Crippen MR) is 71.0 cm³/mol. The van der Waals surface area contributed by atoms with Crippen molar-refractivity contribution in [3.63, 3.8) is 0 Å². The molecule has 6 heteroatoms. The summed E-state index contributed by atoms with van der Waals surface area (Å²) in [4.78, 5) is 23.4. The highest BCUT2D eigenvalue weighted by Crippen LogP contribution is 2.34. The zero-order valence-corrected chi connectivity index (χ0v) is 11.0. The van der Waals surface area contributed by atoms with Crippen molar-refractivity contribution in [2.45, 2.75) is 18.4 Å². The number of halogens is 1. The minimum Gasteiger partial charge on any atom is -0.394 e. The van der Waals surface area contributed by atoms with Crippen LogP contribution in [0.4, 0.5) is 0 Å². The largest absolute Gasteiger partial charge is 0.394 e. The van der Waals surface area contributed by atoms with Crippen molar-refractivity contribution in [3.8, 4) is 0 Å². The molecule has 0 heterocycles. The standard InChI is InChI=1S/C13H15ClN2O3/c14-10-4-2-1-3-9(10)12(19)15-7-11(18)16-13(8-17)5-6-13/h1-4,17H,5-8H2,(H,15,19)(H,16,18). The third-order valence-corrected chi connectivity index (χ3v) is 3.42. The number of amides is 2. The molecular formula is C13H15ClN2O3. The summed E-state index contributed by atoms with van der Waals surface area (Å²) in [5.74, 6) is -0.707. The van der Waals surface area contributed by atoms with Crippen molar-refractivity contribution in [2.24, 2.45) is 0 Å². The van der Waals surface area contributed by atoms with Crippen LogP contribution in [0.25, 0.3) is 0 Å². The Morgan fingerprint density at radius 2 is 2.00 bits per heavy atom. The molecule has 2 rings (SSSR count). The zero-order valence-electron chi connectivity index (χ0n) is 10.3. The Bertz CT molecular complexity index is 500. The second-order valence-electron chi connectivity index (χ2n) is 4.65. The average Bonchev–Trinajstić information content (AvgIpc) is 3.17. The summed E-state index contributed by atoms with van der Waals surface area (Å²) in [7, 11) is 0. The molecule has 0 saturated heterocycles. The van der Waals surface area contributed by atoms with Crippen LogP contribution in [0.3, 0.4) is 0 Å². The number of aliphatic hydroxyl groups is 1. The van der Waals surface area contributed by atoms with Gasteiger partial charge in [0.15, 0.2) is 0 Å². The molecule has 0 spiro atoms. The number of carbonyl (C=O) groups is 2. The van der Waals surface area contributed by atoms with Crippen LogP contribution in [0.15, 0.2) is 24.3 Å². The van der Waals surface area contributed by atoms with Gasteiger partial charge in [0.05, 0.1) is 29.3 Å². The van der Waals surface area contributed by atoms with Crippen molar-refractivity contribution in [3.05, 3.63) is 34.9 Å². The van der Waals surface area contributed by atoms with E-state index in [1.807, 2.05) is 0 Å². The highest BCUT2D eigenvalue weighted by atomic mass is 35.5. The van der Waals surface area contributed by atoms with E-state index >= 15 is 0 Å². The molecule has 1 saturated carbocycles. The molecule has 0 radical (unpaired) electrons. The Hall–Kier alpha value is -1.59. The van der Waals surface area contributed by atoms with Crippen molar-refractivity contribution >= 4 is 23.4 Å². The van der Waals surface area contributed by atoms with Crippen molar-refractivity contribution < 1.29 is 14.7 Å². The molecule has 0 aliphatic heterocycles. The minimum absolute atomic E-state index is 0.0722. The second kappa shape index (κ2) is 5.59. The fourth-order valence-corrected chi connectivity index (χ4v) is 1.94. The molecule has 0 unspecified atom stereocenters. The smallest absolute Gasteiger partial charge is 0.253 e. The molecule has 1 aromatic rings. The number of nitrogens with one attached hydrogen (secondary N) is 2. The van der Waals surface area contributed by atoms with Gasteiger partial charge in [-0.25, -0.2) is 0 Å². The normalized spacial score (nSPS) is 15.7. The van der Waals surface area contributed by atoms with Crippen LogP contribution in [0.2, 0.25) is 5.02 Å². The van der Waals surface area contributed by atoms with E-state index in [-0.39, 0.29) is 19.1 Å². The monoisotopic (exact) mass is 282 g/mol. The van der Waals surface area contributed by atoms with Crippen LogP contribution in [-0.2, 0) is 4.79 Å². The van der Waals surface area contributed by atoms with Crippen molar-refractivity contribution in [2.75, 3.05) is 13.2 Å². The van der Waals surface area contributed by atoms with E-state index in [1.54, 1.807) is 24.3 Å². The topological polar surface area (TPSA) is 78.4 Å². The maximum absolute atomic E-state index is 11.8. The molecule has 1 fully saturated rings. The first kappa shape index (κ1) is 13.8. The predicted octanol–water partition coefficient (Wildman–Crippen LogP) is 0.711. The molecule has 19 heavy (non-hydrogen) atoms. The molecule has 1 aliphatic carbocycles. The molecule has 1 aliphatic rings. The fraction of sp³-hybridized carbons (Fsp3) is 0.385. The number of hydrogen-bond donors (Lipinski definition) is 3. The third-order valence-electron chi connectivity index (χ3n) is 3.09. The first-order valence-electron chi connectivity index (χ1n) is 6.01. The van der Waals surface area contributed by atoms with Gasteiger partial charge in [-0.3, -0.25) is 9.59 Å². The van der Waals surface area contributed by atoms with Gasteiger partial charge in [0.25, 0.3) is 5.91 Å². The van der Waals surface area contributed by atoms with Gasteiger partial charge in [-0.1, -0.05) is 23.7 Å². The van der Waals surface area contributed by atoms with Crippen molar-refractivity contribution in [1.29, 1.82) is 0 Å². The lowest BCUT2D eigenvalue weighted by Crippen LogP contribution is -2.45. The van der Waals surface area contributed by atoms with E-state index in [1.165, 1.54) is 0 Å². The summed E-state index contributed by atoms with van der Waals surface area (Å²) in [5, 5.41) is 14.6. The van der Waals surface area contributed by atoms with E-state index in [0.717, 1.165) is 12.8 Å². The third kappa shape index (κ3) is 3.45. The van der Waals surface area contributed by atoms with Gasteiger partial charge in [-0.15, -0.1) is 0 Å². The van der Waals surface area contributed by atoms with Crippen molar-refractivity contribution in [1.82, 2.24) is 10.6 Å². The quantitative estimate of drug-likeness (QED) is 0.744. The van der Waals surface area contributed by atoms with Crippen LogP contribution in [0, 0.1) is 0 Å². The number of aliphatic hydroxyl groups excluding tert-OH is 1. The van der Waals surface area contributed by atoms with Gasteiger partial charge in [0.2, 0.25) is 5.91 Å². The van der Waals surface area contributed by atoms with Crippen LogP contribution in [0.1, 0.15) is 23.2 Å². The van der Waals surface area contributed by atoms with E-state index in [9.17, 15) is 9.59 Å². The summed E-state index contributed by atoms with van der Waals surface area (Å²) in [5.41, 5.74) is -0.132. The Labute approximate surface area is 116 Å². The molecular weight excluding hydrogens is 268 g/mol. The van der Waals surface area contributed by atoms with E-state index in [4.69, 9.17) is 16.7 Å². The van der Waals surface area contributed by atoms with Crippen LogP contribution < -0.4 is 10.6 Å². The SMILES string of the molecule is O=C(CNC(=O)c1ccccc1Cl)NC1(CO)CC1. The Balaban J connectivity index is 1.84. The lowest BCUT2D eigenvalue weighted by molar-refractivity contribution is -0.121. The van der Waals surface area contributed by atoms with Gasteiger partial charge in [-0.05, 0) is 25.0 Å². The summed E-state index contributed by atoms with van der Waals surface area (Å²) in [6.45, 7) is -0.205. The molecule has 5 nitrogen and oxygen atoms in total. The molecule has 102 valence electrons. The van der Waals surface area contributed by atoms with Gasteiger partial charge in [0.1, 0.15) is 0 Å². The van der Waals surface area contributed by atoms with E-state index in [2.05, 4.69) is 10.6 Å². The molecule has 0 aromatic heterocycles. The number of hydrogen-bond acceptors (Lipinski definition) is 3. The van der Waals surface area contributed by atoms with Crippen LogP contribution in [0.5, 0.6) is 0 Å². The van der Waals surface area contributed by atoms with Gasteiger partial charge in [-0.2, -0.15) is 0 Å². The summed E-state index contributed by atoms with van der Waals surface area (Å²) < 4.78 is 0. The lowest BCUT2D eigenvalue weighted by atomic mass is 10.2. The Morgan fingerprint density at radius 3 is 2.58 bits per heavy atom. The van der Waals surface area contributed by atoms with Crippen LogP contribution in [-0.4, -0.2) is 35.6 Å². The first-order chi connectivity index (χ1) is 9.06. The maximum Gasteiger partial charge on any atom is 0.253 e. The lowest BCUT2D eigenvalue weighted by Gasteiger charge is -2.14. The van der Waals surface area contributed by atoms with Gasteiger partial charge >= 0.3 is 0 Å². The number of benzene rings is 1. The maximum atomic E-state index is 11.8. The first-order valence-corrected chi connectivity index (χ1v) is 6.39. The average molecular weight is 283 g/mol. The molecule has 0 bridgehead atoms. The fourth-order valence-electron chi connectivity index (χ4n) is 1.71. The molecule has 3 N–H and O–H groups in total. The van der Waals surface area contributed by atoms with Crippen LogP contribution >= 0.6 is 11.6 Å². The summed E-state index contributed by atoms with van der Waals surface area (Å²) in [6, 6.07) is 6.63. The van der Waals surface area contributed by atoms with Gasteiger partial charge < -0.3 is 15.7 Å². The molecule has 0 atom stereocenters. The zero-order chi connectivity index (χ0) is 13.9. The Kier molecular flexibility index (Phi) is 4.07. The minimum atomic E-state index is -0.466. The highest BCUT2D eigenvalue weighted by molar-refractivity contribution is 6.33. The number of rotatable bonds is 5. The molecule has 1 aromatic carbocycles. The summed E-state index contributed by atoms with van der Waals surface area (Å²) in [6.07, 6.45) is 1.54. The highest BCUT2D eigenvalue weighted by Gasteiger charge is 2.43. The molecule has 2 amide bonds. The van der Waals surface area contributed by atoms with E-state index in [0.29, 0.717) is 10.6 Å². The van der Waals surface area contributed by atoms with Gasteiger partial charge in [0, 0.05) is 0 Å². The summed E-state index contributed by atoms with van der Waals surface area (Å²) >= 11 is 5.88.